The Bertz CT molecular complexity index is 6540. The molecule has 0 unspecified atom stereocenters. The van der Waals surface area contributed by atoms with Crippen LogP contribution in [0, 0.1) is 0 Å². The van der Waals surface area contributed by atoms with E-state index in [0.29, 0.717) is 5.95 Å². The first kappa shape index (κ1) is 56.2. The van der Waals surface area contributed by atoms with Crippen LogP contribution < -0.4 is 0 Å². The van der Waals surface area contributed by atoms with Crippen LogP contribution in [0.2, 0.25) is 0 Å². The van der Waals surface area contributed by atoms with Gasteiger partial charge in [-0.2, -0.15) is 9.97 Å². The van der Waals surface area contributed by atoms with Crippen molar-refractivity contribution >= 4 is 131 Å². The maximum absolute atomic E-state index is 5.85. The highest BCUT2D eigenvalue weighted by molar-refractivity contribution is 6.17. The van der Waals surface area contributed by atoms with E-state index in [-0.39, 0.29) is 0 Å². The van der Waals surface area contributed by atoms with Gasteiger partial charge in [-0.3, -0.25) is 13.7 Å². The second-order valence-electron chi connectivity index (χ2n) is 26.9. The van der Waals surface area contributed by atoms with Gasteiger partial charge in [0.25, 0.3) is 0 Å². The van der Waals surface area contributed by atoms with Crippen molar-refractivity contribution in [1.82, 2.24) is 37.4 Å². The van der Waals surface area contributed by atoms with Crippen LogP contribution in [-0.4, -0.2) is 37.4 Å². The lowest BCUT2D eigenvalue weighted by Gasteiger charge is -2.15. The highest BCUT2D eigenvalue weighted by Crippen LogP contribution is 2.44. The smallest absolute Gasteiger partial charge is 0.238 e. The van der Waals surface area contributed by atoms with Crippen molar-refractivity contribution < 1.29 is 0 Å². The fourth-order valence-electron chi connectivity index (χ4n) is 16.9. The molecule has 0 amide bonds. The molecule has 0 saturated heterocycles. The van der Waals surface area contributed by atoms with E-state index in [1.807, 2.05) is 0 Å². The Kier molecular flexibility index (Phi) is 12.0. The van der Waals surface area contributed by atoms with Crippen LogP contribution in [0.15, 0.2) is 352 Å². The van der Waals surface area contributed by atoms with Gasteiger partial charge in [0.05, 0.1) is 66.2 Å². The summed E-state index contributed by atoms with van der Waals surface area (Å²) in [5, 5.41) is 14.1. The fourth-order valence-corrected chi connectivity index (χ4v) is 16.9. The summed E-state index contributed by atoms with van der Waals surface area (Å²) in [7, 11) is 0. The molecular formula is C94H58N8. The zero-order valence-corrected chi connectivity index (χ0v) is 55.1. The molecule has 7 aromatic heterocycles. The first-order valence-electron chi connectivity index (χ1n) is 34.9. The predicted molar refractivity (Wildman–Crippen MR) is 424 cm³/mol. The Morgan fingerprint density at radius 3 is 0.608 bits per heavy atom. The molecule has 15 aromatic carbocycles. The molecule has 22 rings (SSSR count). The molecule has 0 aliphatic heterocycles. The molecular weight excluding hydrogens is 1240 g/mol. The molecule has 0 bridgehead atoms. The Labute approximate surface area is 584 Å². The van der Waals surface area contributed by atoms with Gasteiger partial charge in [-0.15, -0.1) is 0 Å². The molecule has 474 valence electrons. The Morgan fingerprint density at radius 1 is 0.147 bits per heavy atom. The van der Waals surface area contributed by atoms with Crippen LogP contribution in [0.25, 0.3) is 199 Å². The van der Waals surface area contributed by atoms with Crippen LogP contribution >= 0.6 is 0 Å². The largest absolute Gasteiger partial charge is 0.309 e. The van der Waals surface area contributed by atoms with Gasteiger partial charge in [-0.1, -0.05) is 200 Å². The van der Waals surface area contributed by atoms with Crippen LogP contribution in [0.5, 0.6) is 0 Å². The monoisotopic (exact) mass is 1300 g/mol. The van der Waals surface area contributed by atoms with Crippen LogP contribution in [0.1, 0.15) is 0 Å². The number of benzene rings is 15. The Balaban J connectivity index is 0.746. The summed E-state index contributed by atoms with van der Waals surface area (Å²) < 4.78 is 14.1. The number of aromatic nitrogens is 8. The second-order valence-corrected chi connectivity index (χ2v) is 26.9. The third-order valence-electron chi connectivity index (χ3n) is 21.4. The van der Waals surface area contributed by atoms with E-state index in [1.165, 1.54) is 65.4 Å². The third-order valence-corrected chi connectivity index (χ3v) is 21.4. The summed E-state index contributed by atoms with van der Waals surface area (Å²) in [6.07, 6.45) is 0. The molecule has 0 fully saturated rings. The summed E-state index contributed by atoms with van der Waals surface area (Å²) in [4.78, 5) is 11.7. The molecule has 0 N–H and O–H groups in total. The van der Waals surface area contributed by atoms with Crippen LogP contribution in [0.3, 0.4) is 0 Å². The SMILES string of the molecule is c1ccc(-n2c3ccccc3c3cc(-c4ccc5c(c4)c4ccccc4n5-c4cc(-n5c6ccccc6c6cc(-c7ccc8c(c7)c7ccccc7n8-c7ccccc7)ccc65)nc(-n5c6ccccc6c6cc(-c7ccc8c(c7)c7ccccc7n8-c7ccccc7)ccc65)n4)ccc32)cc1. The predicted octanol–water partition coefficient (Wildman–Crippen LogP) is 24.1. The molecule has 0 radical (unpaired) electrons. The quantitative estimate of drug-likeness (QED) is 0.145. The molecule has 0 aliphatic carbocycles. The van der Waals surface area contributed by atoms with Crippen LogP contribution in [-0.2, 0) is 0 Å². The van der Waals surface area contributed by atoms with Gasteiger partial charge in [0.1, 0.15) is 11.6 Å². The zero-order chi connectivity index (χ0) is 66.7. The lowest BCUT2D eigenvalue weighted by molar-refractivity contribution is 0.918. The number of hydrogen-bond acceptors (Lipinski definition) is 2. The number of rotatable bonds is 9. The van der Waals surface area contributed by atoms with Crippen molar-refractivity contribution in [3.8, 4) is 68.0 Å². The highest BCUT2D eigenvalue weighted by Gasteiger charge is 2.25. The van der Waals surface area contributed by atoms with Crippen molar-refractivity contribution in [3.63, 3.8) is 0 Å². The average molecular weight is 1300 g/mol. The second kappa shape index (κ2) is 21.8. The molecule has 8 heteroatoms. The molecule has 102 heavy (non-hydrogen) atoms. The lowest BCUT2D eigenvalue weighted by Crippen LogP contribution is -2.10. The number of para-hydroxylation sites is 9. The first-order valence-corrected chi connectivity index (χ1v) is 34.9. The van der Waals surface area contributed by atoms with Crippen molar-refractivity contribution in [2.24, 2.45) is 0 Å². The molecule has 0 atom stereocenters. The van der Waals surface area contributed by atoms with Gasteiger partial charge in [-0.05, 0) is 179 Å². The summed E-state index contributed by atoms with van der Waals surface area (Å²) in [6, 6.07) is 128. The van der Waals surface area contributed by atoms with E-state index in [2.05, 4.69) is 379 Å². The molecule has 22 aromatic rings. The molecule has 0 saturated carbocycles. The third kappa shape index (κ3) is 8.32. The number of fused-ring (bicyclic) bond motifs is 18. The minimum atomic E-state index is 0.563. The summed E-state index contributed by atoms with van der Waals surface area (Å²) in [6.45, 7) is 0. The molecule has 8 nitrogen and oxygen atoms in total. The topological polar surface area (TPSA) is 55.4 Å². The van der Waals surface area contributed by atoms with Crippen molar-refractivity contribution in [3.05, 3.63) is 352 Å². The van der Waals surface area contributed by atoms with E-state index < -0.39 is 0 Å². The number of nitrogens with zero attached hydrogens (tertiary/aromatic N) is 8. The minimum Gasteiger partial charge on any atom is -0.309 e. The lowest BCUT2D eigenvalue weighted by atomic mass is 10.0. The highest BCUT2D eigenvalue weighted by atomic mass is 15.2. The van der Waals surface area contributed by atoms with Gasteiger partial charge < -0.3 is 13.7 Å². The van der Waals surface area contributed by atoms with Crippen molar-refractivity contribution in [2.75, 3.05) is 0 Å². The first-order chi connectivity index (χ1) is 50.6. The van der Waals surface area contributed by atoms with Gasteiger partial charge in [-0.25, -0.2) is 0 Å². The number of hydrogen-bond donors (Lipinski definition) is 0. The van der Waals surface area contributed by atoms with Gasteiger partial charge in [0.15, 0.2) is 0 Å². The summed E-state index contributed by atoms with van der Waals surface area (Å²) >= 11 is 0. The Morgan fingerprint density at radius 2 is 0.343 bits per heavy atom. The average Bonchev–Trinajstić information content (AvgIpc) is 1.57. The van der Waals surface area contributed by atoms with E-state index in [1.54, 1.807) is 0 Å². The van der Waals surface area contributed by atoms with Gasteiger partial charge in [0, 0.05) is 87.8 Å². The molecule has 0 aliphatic rings. The summed E-state index contributed by atoms with van der Waals surface area (Å²) in [5.74, 6) is 2.06. The van der Waals surface area contributed by atoms with Crippen molar-refractivity contribution in [1.29, 1.82) is 0 Å². The van der Waals surface area contributed by atoms with E-state index in [4.69, 9.17) is 9.97 Å². The fraction of sp³-hybridized carbons (Fsp3) is 0. The van der Waals surface area contributed by atoms with Crippen LogP contribution in [0.4, 0.5) is 0 Å². The summed E-state index contributed by atoms with van der Waals surface area (Å²) in [5.41, 5.74) is 23.6. The minimum absolute atomic E-state index is 0.563. The van der Waals surface area contributed by atoms with E-state index in [0.717, 1.165) is 127 Å². The zero-order valence-electron chi connectivity index (χ0n) is 55.1. The van der Waals surface area contributed by atoms with Crippen molar-refractivity contribution in [2.45, 2.75) is 0 Å². The molecule has 7 heterocycles. The molecule has 0 spiro atoms. The van der Waals surface area contributed by atoms with Gasteiger partial charge in [0.2, 0.25) is 5.95 Å². The van der Waals surface area contributed by atoms with E-state index in [9.17, 15) is 0 Å². The maximum Gasteiger partial charge on any atom is 0.238 e. The van der Waals surface area contributed by atoms with Gasteiger partial charge >= 0.3 is 0 Å². The normalized spacial score (nSPS) is 12.1. The van der Waals surface area contributed by atoms with E-state index >= 15 is 0 Å². The maximum atomic E-state index is 5.85. The Hall–Kier alpha value is -13.8. The standard InChI is InChI=1S/C94H58N8/c1-4-22-65(23-5-1)97-80-34-16-10-28-68(80)74-52-59(40-46-86(74)97)62-43-49-89-77(55-62)71-31-13-19-37-83(71)100(89)92-58-93(101-84-38-20-14-32-72(84)78-56-63(44-50-90(78)101)60-41-47-87-75(53-60)69-29-11-17-35-81(69)98(87)66-24-6-2-7-25-66)96-94(95-92)102-85-39-21-15-33-73(85)79-57-64(45-51-91(79)102)61-42-48-88-76(54-61)70-30-12-18-36-82(70)99(88)67-26-8-3-9-27-67/h1-58H.